The highest BCUT2D eigenvalue weighted by molar-refractivity contribution is 4.94. The lowest BCUT2D eigenvalue weighted by molar-refractivity contribution is 0.0161. The fourth-order valence-corrected chi connectivity index (χ4v) is 2.48. The van der Waals surface area contributed by atoms with Gasteiger partial charge in [0.05, 0.1) is 6.10 Å². The monoisotopic (exact) mass is 227 g/mol. The molecule has 0 spiro atoms. The van der Waals surface area contributed by atoms with E-state index in [2.05, 4.69) is 5.32 Å². The number of ether oxygens (including phenoxy) is 2. The molecule has 3 nitrogen and oxygen atoms in total. The molecule has 0 aromatic carbocycles. The Morgan fingerprint density at radius 3 is 2.88 bits per heavy atom. The molecule has 3 heteroatoms. The second-order valence-electron chi connectivity index (χ2n) is 5.36. The highest BCUT2D eigenvalue weighted by Crippen LogP contribution is 2.48. The van der Waals surface area contributed by atoms with E-state index in [1.165, 1.54) is 38.5 Å². The van der Waals surface area contributed by atoms with E-state index >= 15 is 0 Å². The SMILES string of the molecule is COCCC1(CNCC2CCCCO2)CC1. The number of nitrogens with one attached hydrogen (secondary N) is 1. The first-order chi connectivity index (χ1) is 7.85. The van der Waals surface area contributed by atoms with Crippen molar-refractivity contribution in [3.05, 3.63) is 0 Å². The lowest BCUT2D eigenvalue weighted by atomic mass is 10.0. The van der Waals surface area contributed by atoms with Gasteiger partial charge in [0.1, 0.15) is 0 Å². The first-order valence-electron chi connectivity index (χ1n) is 6.66. The van der Waals surface area contributed by atoms with E-state index in [-0.39, 0.29) is 0 Å². The Bertz CT molecular complexity index is 198. The molecular weight excluding hydrogens is 202 g/mol. The normalized spacial score (nSPS) is 27.9. The molecule has 1 heterocycles. The number of hydrogen-bond acceptors (Lipinski definition) is 3. The van der Waals surface area contributed by atoms with E-state index < -0.39 is 0 Å². The molecule has 0 bridgehead atoms. The van der Waals surface area contributed by atoms with E-state index in [4.69, 9.17) is 9.47 Å². The maximum Gasteiger partial charge on any atom is 0.0699 e. The van der Waals surface area contributed by atoms with Gasteiger partial charge in [-0.05, 0) is 43.9 Å². The predicted molar refractivity (Wildman–Crippen MR) is 64.6 cm³/mol. The van der Waals surface area contributed by atoms with Crippen LogP contribution in [-0.2, 0) is 9.47 Å². The minimum absolute atomic E-state index is 0.465. The van der Waals surface area contributed by atoms with Crippen LogP contribution in [0.3, 0.4) is 0 Å². The van der Waals surface area contributed by atoms with Gasteiger partial charge in [0.15, 0.2) is 0 Å². The molecule has 0 radical (unpaired) electrons. The molecule has 0 aromatic rings. The lowest BCUT2D eigenvalue weighted by Gasteiger charge is -2.24. The lowest BCUT2D eigenvalue weighted by Crippen LogP contribution is -2.35. The van der Waals surface area contributed by atoms with Gasteiger partial charge in [-0.15, -0.1) is 0 Å². The summed E-state index contributed by atoms with van der Waals surface area (Å²) in [6, 6.07) is 0. The first kappa shape index (κ1) is 12.3. The molecule has 94 valence electrons. The van der Waals surface area contributed by atoms with Gasteiger partial charge in [-0.25, -0.2) is 0 Å². The molecule has 2 rings (SSSR count). The highest BCUT2D eigenvalue weighted by atomic mass is 16.5. The number of hydrogen-bond donors (Lipinski definition) is 1. The minimum atomic E-state index is 0.465. The molecule has 2 aliphatic rings. The van der Waals surface area contributed by atoms with Gasteiger partial charge in [-0.3, -0.25) is 0 Å². The van der Waals surface area contributed by atoms with Crippen LogP contribution in [0.2, 0.25) is 0 Å². The molecule has 1 saturated heterocycles. The Morgan fingerprint density at radius 2 is 2.25 bits per heavy atom. The zero-order valence-electron chi connectivity index (χ0n) is 10.5. The van der Waals surface area contributed by atoms with Crippen molar-refractivity contribution in [2.75, 3.05) is 33.4 Å². The van der Waals surface area contributed by atoms with E-state index in [0.717, 1.165) is 26.3 Å². The van der Waals surface area contributed by atoms with Crippen LogP contribution < -0.4 is 5.32 Å². The first-order valence-corrected chi connectivity index (χ1v) is 6.66. The van der Waals surface area contributed by atoms with Gasteiger partial charge in [0.2, 0.25) is 0 Å². The van der Waals surface area contributed by atoms with Crippen LogP contribution in [-0.4, -0.2) is 39.5 Å². The number of methoxy groups -OCH3 is 1. The summed E-state index contributed by atoms with van der Waals surface area (Å²) in [5.41, 5.74) is 0.560. The Morgan fingerprint density at radius 1 is 1.38 bits per heavy atom. The molecule has 16 heavy (non-hydrogen) atoms. The molecule has 1 atom stereocenters. The van der Waals surface area contributed by atoms with Gasteiger partial charge in [0, 0.05) is 33.4 Å². The second kappa shape index (κ2) is 5.99. The standard InChI is InChI=1S/C13H25NO2/c1-15-9-7-13(5-6-13)11-14-10-12-4-2-3-8-16-12/h12,14H,2-11H2,1H3. The molecule has 1 saturated carbocycles. The van der Waals surface area contributed by atoms with Crippen molar-refractivity contribution in [2.45, 2.75) is 44.6 Å². The summed E-state index contributed by atoms with van der Waals surface area (Å²) in [5, 5.41) is 3.59. The van der Waals surface area contributed by atoms with Crippen LogP contribution >= 0.6 is 0 Å². The zero-order valence-corrected chi connectivity index (χ0v) is 10.5. The summed E-state index contributed by atoms with van der Waals surface area (Å²) in [4.78, 5) is 0. The summed E-state index contributed by atoms with van der Waals surface area (Å²) in [6.07, 6.45) is 8.23. The zero-order chi connectivity index (χ0) is 11.3. The van der Waals surface area contributed by atoms with Crippen LogP contribution in [0.25, 0.3) is 0 Å². The minimum Gasteiger partial charge on any atom is -0.385 e. The van der Waals surface area contributed by atoms with Crippen molar-refractivity contribution < 1.29 is 9.47 Å². The Balaban J connectivity index is 1.56. The summed E-state index contributed by atoms with van der Waals surface area (Å²) in [6.45, 7) is 4.05. The third-order valence-electron chi connectivity index (χ3n) is 3.94. The molecular formula is C13H25NO2. The maximum atomic E-state index is 5.71. The topological polar surface area (TPSA) is 30.5 Å². The maximum absolute atomic E-state index is 5.71. The highest BCUT2D eigenvalue weighted by Gasteiger charge is 2.41. The van der Waals surface area contributed by atoms with Crippen LogP contribution in [0, 0.1) is 5.41 Å². The summed E-state index contributed by atoms with van der Waals surface area (Å²) < 4.78 is 10.9. The average molecular weight is 227 g/mol. The molecule has 0 aromatic heterocycles. The van der Waals surface area contributed by atoms with Crippen molar-refractivity contribution in [1.29, 1.82) is 0 Å². The van der Waals surface area contributed by atoms with Gasteiger partial charge in [-0.2, -0.15) is 0 Å². The molecule has 1 aliphatic heterocycles. The van der Waals surface area contributed by atoms with Gasteiger partial charge in [-0.1, -0.05) is 0 Å². The Labute approximate surface area is 98.9 Å². The van der Waals surface area contributed by atoms with E-state index in [9.17, 15) is 0 Å². The van der Waals surface area contributed by atoms with Crippen molar-refractivity contribution in [2.24, 2.45) is 5.41 Å². The third-order valence-corrected chi connectivity index (χ3v) is 3.94. The van der Waals surface area contributed by atoms with E-state index in [0.29, 0.717) is 11.5 Å². The van der Waals surface area contributed by atoms with Gasteiger partial charge >= 0.3 is 0 Å². The molecule has 1 aliphatic carbocycles. The predicted octanol–water partition coefficient (Wildman–Crippen LogP) is 1.96. The van der Waals surface area contributed by atoms with Gasteiger partial charge < -0.3 is 14.8 Å². The summed E-state index contributed by atoms with van der Waals surface area (Å²) >= 11 is 0. The van der Waals surface area contributed by atoms with Crippen LogP contribution in [0.15, 0.2) is 0 Å². The summed E-state index contributed by atoms with van der Waals surface area (Å²) in [5.74, 6) is 0. The van der Waals surface area contributed by atoms with Crippen molar-refractivity contribution in [1.82, 2.24) is 5.32 Å². The van der Waals surface area contributed by atoms with Gasteiger partial charge in [0.25, 0.3) is 0 Å². The molecule has 2 fully saturated rings. The van der Waals surface area contributed by atoms with Crippen LogP contribution in [0.1, 0.15) is 38.5 Å². The fraction of sp³-hybridized carbons (Fsp3) is 1.00. The molecule has 0 amide bonds. The fourth-order valence-electron chi connectivity index (χ4n) is 2.48. The van der Waals surface area contributed by atoms with Crippen LogP contribution in [0.4, 0.5) is 0 Å². The number of rotatable bonds is 7. The quantitative estimate of drug-likeness (QED) is 0.721. The van der Waals surface area contributed by atoms with Crippen LogP contribution in [0.5, 0.6) is 0 Å². The average Bonchev–Trinajstić information content (AvgIpc) is 3.09. The molecule has 1 unspecified atom stereocenters. The van der Waals surface area contributed by atoms with Crippen molar-refractivity contribution >= 4 is 0 Å². The van der Waals surface area contributed by atoms with E-state index in [1.54, 1.807) is 7.11 Å². The summed E-state index contributed by atoms with van der Waals surface area (Å²) in [7, 11) is 1.79. The third kappa shape index (κ3) is 3.72. The Hall–Kier alpha value is -0.120. The van der Waals surface area contributed by atoms with Crippen molar-refractivity contribution in [3.63, 3.8) is 0 Å². The smallest absolute Gasteiger partial charge is 0.0699 e. The second-order valence-corrected chi connectivity index (χ2v) is 5.36. The Kier molecular flexibility index (Phi) is 4.62. The van der Waals surface area contributed by atoms with Crippen molar-refractivity contribution in [3.8, 4) is 0 Å². The molecule has 1 N–H and O–H groups in total. The largest absolute Gasteiger partial charge is 0.385 e. The van der Waals surface area contributed by atoms with E-state index in [1.807, 2.05) is 0 Å².